The number of nitrogens with zero attached hydrogens (tertiary/aromatic N) is 2. The quantitative estimate of drug-likeness (QED) is 0.116. The molecule has 0 atom stereocenters. The van der Waals surface area contributed by atoms with Crippen LogP contribution in [0.2, 0.25) is 0 Å². The maximum absolute atomic E-state index is 10.4. The van der Waals surface area contributed by atoms with Gasteiger partial charge in [0.05, 0.1) is 49.6 Å². The first-order valence-corrected chi connectivity index (χ1v) is 23.0. The molecular formula is C60H40N2OSi. The number of rotatable bonds is 7. The fourth-order valence-corrected chi connectivity index (χ4v) is 14.3. The minimum atomic E-state index is -3.77. The molecule has 0 amide bonds. The highest BCUT2D eigenvalue weighted by Gasteiger charge is 2.41. The van der Waals surface area contributed by atoms with Gasteiger partial charge in [-0.05, 0) is 74.2 Å². The van der Waals surface area contributed by atoms with E-state index in [2.05, 4.69) is 6.07 Å². The second-order valence-corrected chi connectivity index (χ2v) is 19.6. The van der Waals surface area contributed by atoms with Crippen molar-refractivity contribution in [1.82, 2.24) is 9.13 Å². The van der Waals surface area contributed by atoms with Crippen LogP contribution in [0.1, 0.15) is 16.4 Å². The van der Waals surface area contributed by atoms with E-state index >= 15 is 0 Å². The molecule has 0 aliphatic rings. The van der Waals surface area contributed by atoms with Crippen molar-refractivity contribution in [1.29, 1.82) is 0 Å². The third-order valence-electron chi connectivity index (χ3n) is 12.6. The van der Waals surface area contributed by atoms with E-state index in [4.69, 9.17) is 12.6 Å². The lowest BCUT2D eigenvalue weighted by Gasteiger charge is -2.35. The molecule has 0 N–H and O–H groups in total. The van der Waals surface area contributed by atoms with Gasteiger partial charge in [0, 0.05) is 32.6 Å². The lowest BCUT2D eigenvalue weighted by molar-refractivity contribution is 0.666. The van der Waals surface area contributed by atoms with E-state index in [1.54, 1.807) is 22.8 Å². The molecule has 64 heavy (non-hydrogen) atoms. The van der Waals surface area contributed by atoms with Crippen LogP contribution in [0.4, 0.5) is 0 Å². The number of furan rings is 1. The topological polar surface area (TPSA) is 23.0 Å². The van der Waals surface area contributed by atoms with E-state index in [-0.39, 0.29) is 68.1 Å². The van der Waals surface area contributed by atoms with E-state index in [9.17, 15) is 8.22 Å². The Morgan fingerprint density at radius 3 is 1.64 bits per heavy atom. The highest BCUT2D eigenvalue weighted by atomic mass is 28.3. The molecule has 0 spiro atoms. The molecule has 3 heterocycles. The zero-order chi connectivity index (χ0) is 52.6. The van der Waals surface area contributed by atoms with Gasteiger partial charge in [0.1, 0.15) is 5.58 Å². The van der Waals surface area contributed by atoms with Crippen LogP contribution in [0.25, 0.3) is 88.1 Å². The van der Waals surface area contributed by atoms with Crippen molar-refractivity contribution in [2.24, 2.45) is 0 Å². The molecule has 0 unspecified atom stereocenters. The summed E-state index contributed by atoms with van der Waals surface area (Å²) in [6, 6.07) is 49.3. The smallest absolute Gasteiger partial charge is 0.179 e. The molecule has 0 saturated heterocycles. The number of hydrogen-bond donors (Lipinski definition) is 0. The summed E-state index contributed by atoms with van der Waals surface area (Å²) in [6.45, 7) is 0. The first-order chi connectivity index (χ1) is 36.8. The van der Waals surface area contributed by atoms with Crippen molar-refractivity contribution in [3.63, 3.8) is 0 Å². The first kappa shape index (κ1) is 26.3. The van der Waals surface area contributed by atoms with E-state index in [1.807, 2.05) is 146 Å². The average Bonchev–Trinajstić information content (AvgIpc) is 4.32. The predicted molar refractivity (Wildman–Crippen MR) is 271 cm³/mol. The number of fused-ring (bicyclic) bond motifs is 10. The first-order valence-electron chi connectivity index (χ1n) is 27.0. The summed E-state index contributed by atoms with van der Waals surface area (Å²) in [7, 11) is -3.77. The number of aromatic nitrogens is 2. The van der Waals surface area contributed by atoms with Crippen molar-refractivity contribution in [2.75, 3.05) is 0 Å². The molecule has 10 aromatic carbocycles. The summed E-state index contributed by atoms with van der Waals surface area (Å²) in [4.78, 5) is 0. The van der Waals surface area contributed by atoms with Crippen molar-refractivity contribution in [3.05, 3.63) is 242 Å². The van der Waals surface area contributed by atoms with E-state index in [0.29, 0.717) is 38.2 Å². The lowest BCUT2D eigenvalue weighted by atomic mass is 10.1. The fraction of sp³-hybridized carbons (Fsp3) is 0. The van der Waals surface area contributed by atoms with Crippen LogP contribution in [-0.2, 0) is 0 Å². The SMILES string of the molecule is [2H]c1c([2H])c([Si](c2ccccc2)(c2ccccc2)c2cccc(-c3ccccc3)c2)c([2H])c([2H])c1-n1c2ccccc2c2cc(-n3c4c([2H])c([2H])c([2H])c([2H])c4c4c([2H])c([2H])c([2H])c([2H])c43)c3oc4ccccc4c3c21. The normalized spacial score (nSPS) is 14.7. The van der Waals surface area contributed by atoms with Gasteiger partial charge >= 0.3 is 0 Å². The molecule has 13 rings (SSSR count). The van der Waals surface area contributed by atoms with Crippen molar-refractivity contribution in [3.8, 4) is 22.5 Å². The van der Waals surface area contributed by atoms with Crippen molar-refractivity contribution >= 4 is 94.4 Å². The zero-order valence-electron chi connectivity index (χ0n) is 46.0. The molecule has 4 heteroatoms. The molecule has 0 saturated carbocycles. The summed E-state index contributed by atoms with van der Waals surface area (Å²) in [5.41, 5.74) is 3.58. The van der Waals surface area contributed by atoms with E-state index in [0.717, 1.165) is 26.7 Å². The summed E-state index contributed by atoms with van der Waals surface area (Å²) >= 11 is 0. The summed E-state index contributed by atoms with van der Waals surface area (Å²) in [5, 5.41) is 4.97. The van der Waals surface area contributed by atoms with Gasteiger partial charge in [0.15, 0.2) is 13.7 Å². The molecule has 3 aromatic heterocycles. The van der Waals surface area contributed by atoms with Gasteiger partial charge in [-0.25, -0.2) is 0 Å². The Kier molecular flexibility index (Phi) is 5.94. The Balaban J connectivity index is 1.18. The standard InChI is InChI=1S/C60H40N2OSi/c1-4-19-41(20-5-1)42-21-18-26-47(39-42)64(44-22-6-2-7-23-44,45-24-8-3-9-25-45)46-37-35-43(36-38-46)61-53-31-14-12-29-50(53)52-40-56(60-58(59(52)61)51-30-13-17-34-57(51)63-60)62-54-32-15-10-27-48(54)49-28-11-16-33-55(49)62/h1-40H/i10D,11D,15D,16D,27D,28D,32D,33D,35D,36D,37D,38D. The number of para-hydroxylation sites is 4. The maximum atomic E-state index is 10.4. The van der Waals surface area contributed by atoms with Crippen molar-refractivity contribution < 1.29 is 20.9 Å². The Morgan fingerprint density at radius 2 is 0.953 bits per heavy atom. The zero-order valence-corrected chi connectivity index (χ0v) is 35.0. The Morgan fingerprint density at radius 1 is 0.391 bits per heavy atom. The third-order valence-corrected chi connectivity index (χ3v) is 17.1. The van der Waals surface area contributed by atoms with Gasteiger partial charge in [-0.3, -0.25) is 0 Å². The van der Waals surface area contributed by atoms with Gasteiger partial charge in [-0.2, -0.15) is 0 Å². The largest absolute Gasteiger partial charge is 0.454 e. The van der Waals surface area contributed by atoms with Gasteiger partial charge < -0.3 is 13.6 Å². The van der Waals surface area contributed by atoms with Gasteiger partial charge in [0.25, 0.3) is 0 Å². The maximum Gasteiger partial charge on any atom is 0.179 e. The van der Waals surface area contributed by atoms with Crippen LogP contribution in [0.3, 0.4) is 0 Å². The van der Waals surface area contributed by atoms with Crippen LogP contribution < -0.4 is 20.7 Å². The second kappa shape index (κ2) is 14.5. The summed E-state index contributed by atoms with van der Waals surface area (Å²) in [6.07, 6.45) is 0. The minimum Gasteiger partial charge on any atom is -0.454 e. The Bertz CT molecular complexity index is 4470. The molecule has 0 bridgehead atoms. The third kappa shape index (κ3) is 5.33. The van der Waals surface area contributed by atoms with Crippen LogP contribution in [0.5, 0.6) is 0 Å². The Hall–Kier alpha value is -8.18. The molecular weight excluding hydrogens is 793 g/mol. The minimum absolute atomic E-state index is 0.00793. The van der Waals surface area contributed by atoms with Crippen molar-refractivity contribution in [2.45, 2.75) is 0 Å². The highest BCUT2D eigenvalue weighted by molar-refractivity contribution is 7.19. The summed E-state index contributed by atoms with van der Waals surface area (Å²) in [5.74, 6) is 0. The van der Waals surface area contributed by atoms with Gasteiger partial charge in [0.2, 0.25) is 0 Å². The lowest BCUT2D eigenvalue weighted by Crippen LogP contribution is -2.74. The van der Waals surface area contributed by atoms with E-state index < -0.39 is 56.4 Å². The molecule has 0 aliphatic carbocycles. The van der Waals surface area contributed by atoms with Gasteiger partial charge in [-0.1, -0.05) is 200 Å². The average molecular weight is 845 g/mol. The molecule has 0 aliphatic heterocycles. The Labute approximate surface area is 388 Å². The van der Waals surface area contributed by atoms with Gasteiger partial charge in [-0.15, -0.1) is 0 Å². The van der Waals surface area contributed by atoms with Crippen LogP contribution >= 0.6 is 0 Å². The van der Waals surface area contributed by atoms with Crippen LogP contribution in [0, 0.1) is 0 Å². The molecule has 300 valence electrons. The molecule has 0 radical (unpaired) electrons. The van der Waals surface area contributed by atoms with Crippen LogP contribution in [-0.4, -0.2) is 17.2 Å². The molecule has 3 nitrogen and oxygen atoms in total. The fourth-order valence-electron chi connectivity index (χ4n) is 9.86. The predicted octanol–water partition coefficient (Wildman–Crippen LogP) is 12.8. The number of benzene rings is 10. The summed E-state index contributed by atoms with van der Waals surface area (Å²) < 4.78 is 123. The number of hydrogen-bond acceptors (Lipinski definition) is 1. The van der Waals surface area contributed by atoms with Crippen LogP contribution in [0.15, 0.2) is 247 Å². The monoisotopic (exact) mass is 844 g/mol. The molecule has 13 aromatic rings. The second-order valence-electron chi connectivity index (χ2n) is 15.9. The van der Waals surface area contributed by atoms with E-state index in [1.165, 1.54) is 4.57 Å². The highest BCUT2D eigenvalue weighted by Crippen LogP contribution is 2.45. The molecule has 0 fully saturated rings.